The number of fused-ring (bicyclic) bond motifs is 1. The van der Waals surface area contributed by atoms with Crippen molar-refractivity contribution in [1.82, 2.24) is 9.97 Å². The first-order valence-corrected chi connectivity index (χ1v) is 12.1. The number of phenols is 1. The van der Waals surface area contributed by atoms with E-state index in [0.29, 0.717) is 23.2 Å². The van der Waals surface area contributed by atoms with Gasteiger partial charge in [-0.2, -0.15) is 0 Å². The number of aromatic nitrogens is 2. The summed E-state index contributed by atoms with van der Waals surface area (Å²) in [6.45, 7) is 1.64. The Balaban J connectivity index is 1.80. The maximum absolute atomic E-state index is 15.1. The van der Waals surface area contributed by atoms with E-state index >= 15 is 4.39 Å². The smallest absolute Gasteiger partial charge is 0.232 e. The predicted octanol–water partition coefficient (Wildman–Crippen LogP) is 5.25. The topological polar surface area (TPSA) is 112 Å². The molecule has 0 aliphatic heterocycles. The summed E-state index contributed by atoms with van der Waals surface area (Å²) in [5.41, 5.74) is -0.155. The number of anilines is 1. The zero-order valence-corrected chi connectivity index (χ0v) is 19.3. The summed E-state index contributed by atoms with van der Waals surface area (Å²) in [7, 11) is -3.86. The Bertz CT molecular complexity index is 1540. The lowest BCUT2D eigenvalue weighted by molar-refractivity contribution is 0.103. The van der Waals surface area contributed by atoms with Crippen LogP contribution in [0.5, 0.6) is 5.75 Å². The van der Waals surface area contributed by atoms with E-state index < -0.39 is 38.7 Å². The molecule has 0 saturated carbocycles. The van der Waals surface area contributed by atoms with Crippen molar-refractivity contribution in [3.63, 3.8) is 0 Å². The lowest BCUT2D eigenvalue weighted by atomic mass is 10.00. The van der Waals surface area contributed by atoms with Gasteiger partial charge in [-0.1, -0.05) is 18.5 Å². The van der Waals surface area contributed by atoms with Crippen LogP contribution in [0, 0.1) is 11.6 Å². The number of nitrogens with zero attached hydrogens (tertiary/aromatic N) is 1. The second-order valence-electron chi connectivity index (χ2n) is 7.52. The van der Waals surface area contributed by atoms with Crippen molar-refractivity contribution in [2.75, 3.05) is 10.5 Å². The Kier molecular flexibility index (Phi) is 6.28. The normalized spacial score (nSPS) is 11.6. The van der Waals surface area contributed by atoms with Crippen LogP contribution in [0.15, 0.2) is 48.8 Å². The van der Waals surface area contributed by atoms with E-state index in [1.807, 2.05) is 0 Å². The lowest BCUT2D eigenvalue weighted by Crippen LogP contribution is -2.18. The fourth-order valence-electron chi connectivity index (χ4n) is 3.54. The number of pyridine rings is 1. The number of aromatic amines is 1. The van der Waals surface area contributed by atoms with E-state index in [1.54, 1.807) is 19.1 Å². The van der Waals surface area contributed by atoms with Gasteiger partial charge in [0.25, 0.3) is 0 Å². The summed E-state index contributed by atoms with van der Waals surface area (Å²) in [6.07, 6.45) is 3.06. The SMILES string of the molecule is CCCS(=O)(=O)Nc1ccc(F)c(C(=O)c2c[nH]c3ncc(-c4ccc(O)cc4Cl)cc23)c1F. The molecule has 11 heteroatoms. The highest BCUT2D eigenvalue weighted by molar-refractivity contribution is 7.92. The van der Waals surface area contributed by atoms with Gasteiger partial charge >= 0.3 is 0 Å². The van der Waals surface area contributed by atoms with Gasteiger partial charge in [0.05, 0.1) is 22.0 Å². The molecule has 0 spiro atoms. The molecule has 0 atom stereocenters. The highest BCUT2D eigenvalue weighted by Crippen LogP contribution is 2.33. The molecule has 34 heavy (non-hydrogen) atoms. The summed E-state index contributed by atoms with van der Waals surface area (Å²) < 4.78 is 55.9. The fraction of sp³-hybridized carbons (Fsp3) is 0.130. The summed E-state index contributed by atoms with van der Waals surface area (Å²) in [5, 5.41) is 10.1. The number of nitrogens with one attached hydrogen (secondary N) is 2. The number of halogens is 3. The van der Waals surface area contributed by atoms with Crippen molar-refractivity contribution < 1.29 is 27.1 Å². The quantitative estimate of drug-likeness (QED) is 0.297. The molecule has 0 radical (unpaired) electrons. The standard InChI is InChI=1S/C23H18ClF2N3O4S/c1-2-7-34(32,33)29-19-6-5-18(25)20(21(19)26)22(31)16-11-28-23-15(16)8-12(10-27-23)14-4-3-13(30)9-17(14)24/h3-6,8-11,29-30H,2,7H2,1H3,(H,27,28). The molecule has 0 bridgehead atoms. The average molecular weight is 506 g/mol. The fourth-order valence-corrected chi connectivity index (χ4v) is 4.95. The third kappa shape index (κ3) is 4.46. The summed E-state index contributed by atoms with van der Waals surface area (Å²) >= 11 is 6.20. The number of aromatic hydroxyl groups is 1. The van der Waals surface area contributed by atoms with Gasteiger partial charge in [-0.3, -0.25) is 9.52 Å². The molecule has 2 aromatic heterocycles. The number of sulfonamides is 1. The van der Waals surface area contributed by atoms with Crippen LogP contribution in [-0.4, -0.2) is 35.0 Å². The average Bonchev–Trinajstić information content (AvgIpc) is 3.19. The number of hydrogen-bond acceptors (Lipinski definition) is 5. The van der Waals surface area contributed by atoms with E-state index in [4.69, 9.17) is 11.6 Å². The van der Waals surface area contributed by atoms with E-state index in [1.165, 1.54) is 24.5 Å². The maximum Gasteiger partial charge on any atom is 0.232 e. The molecule has 0 aliphatic carbocycles. The molecule has 0 amide bonds. The minimum Gasteiger partial charge on any atom is -0.508 e. The zero-order valence-electron chi connectivity index (χ0n) is 17.7. The first-order valence-electron chi connectivity index (χ1n) is 10.1. The van der Waals surface area contributed by atoms with Crippen molar-refractivity contribution in [2.45, 2.75) is 13.3 Å². The minimum absolute atomic E-state index is 0.0271. The van der Waals surface area contributed by atoms with Gasteiger partial charge in [-0.05, 0) is 42.8 Å². The molecule has 4 aromatic rings. The van der Waals surface area contributed by atoms with Crippen LogP contribution in [-0.2, 0) is 10.0 Å². The number of H-pyrrole nitrogens is 1. The lowest BCUT2D eigenvalue weighted by Gasteiger charge is -2.11. The molecule has 3 N–H and O–H groups in total. The molecular formula is C23H18ClF2N3O4S. The van der Waals surface area contributed by atoms with Crippen molar-refractivity contribution >= 4 is 44.1 Å². The highest BCUT2D eigenvalue weighted by Gasteiger charge is 2.26. The highest BCUT2D eigenvalue weighted by atomic mass is 35.5. The minimum atomic E-state index is -3.86. The van der Waals surface area contributed by atoms with Crippen molar-refractivity contribution in [2.24, 2.45) is 0 Å². The van der Waals surface area contributed by atoms with Gasteiger partial charge in [-0.15, -0.1) is 0 Å². The number of carbonyl (C=O) groups excluding carboxylic acids is 1. The maximum atomic E-state index is 15.1. The van der Waals surface area contributed by atoms with E-state index in [0.717, 1.165) is 12.1 Å². The second kappa shape index (κ2) is 9.03. The molecule has 7 nitrogen and oxygen atoms in total. The van der Waals surface area contributed by atoms with E-state index in [9.17, 15) is 22.7 Å². The van der Waals surface area contributed by atoms with Crippen LogP contribution >= 0.6 is 11.6 Å². The molecule has 0 unspecified atom stereocenters. The zero-order chi connectivity index (χ0) is 24.6. The van der Waals surface area contributed by atoms with Crippen LogP contribution in [0.1, 0.15) is 29.3 Å². The molecule has 0 saturated heterocycles. The van der Waals surface area contributed by atoms with Crippen LogP contribution in [0.2, 0.25) is 5.02 Å². The van der Waals surface area contributed by atoms with Gasteiger partial charge < -0.3 is 10.1 Å². The van der Waals surface area contributed by atoms with Crippen LogP contribution < -0.4 is 4.72 Å². The summed E-state index contributed by atoms with van der Waals surface area (Å²) in [4.78, 5) is 20.2. The third-order valence-electron chi connectivity index (χ3n) is 5.10. The van der Waals surface area contributed by atoms with Crippen molar-refractivity contribution in [1.29, 1.82) is 0 Å². The largest absolute Gasteiger partial charge is 0.508 e. The first-order chi connectivity index (χ1) is 16.1. The van der Waals surface area contributed by atoms with Gasteiger partial charge in [-0.25, -0.2) is 22.2 Å². The third-order valence-corrected chi connectivity index (χ3v) is 6.89. The van der Waals surface area contributed by atoms with Crippen molar-refractivity contribution in [3.8, 4) is 16.9 Å². The Hall–Kier alpha value is -3.50. The number of phenolic OH excluding ortho intramolecular Hbond substituents is 1. The van der Waals surface area contributed by atoms with Crippen LogP contribution in [0.3, 0.4) is 0 Å². The van der Waals surface area contributed by atoms with Crippen molar-refractivity contribution in [3.05, 3.63) is 76.6 Å². The number of rotatable bonds is 7. The molecule has 0 aliphatic rings. The van der Waals surface area contributed by atoms with Crippen LogP contribution in [0.25, 0.3) is 22.2 Å². The van der Waals surface area contributed by atoms with Gasteiger partial charge in [0.15, 0.2) is 5.82 Å². The number of benzene rings is 2. The van der Waals surface area contributed by atoms with E-state index in [2.05, 4.69) is 14.7 Å². The van der Waals surface area contributed by atoms with Gasteiger partial charge in [0.1, 0.15) is 17.2 Å². The molecular weight excluding hydrogens is 488 g/mol. The molecule has 2 heterocycles. The molecule has 0 fully saturated rings. The number of hydrogen-bond donors (Lipinski definition) is 3. The monoisotopic (exact) mass is 505 g/mol. The van der Waals surface area contributed by atoms with Gasteiger partial charge in [0.2, 0.25) is 15.8 Å². The summed E-state index contributed by atoms with van der Waals surface area (Å²) in [6, 6.07) is 7.68. The second-order valence-corrected chi connectivity index (χ2v) is 9.77. The Morgan fingerprint density at radius 2 is 1.97 bits per heavy atom. The predicted molar refractivity (Wildman–Crippen MR) is 126 cm³/mol. The molecule has 176 valence electrons. The first kappa shape index (κ1) is 23.7. The Morgan fingerprint density at radius 1 is 1.21 bits per heavy atom. The van der Waals surface area contributed by atoms with Crippen LogP contribution in [0.4, 0.5) is 14.5 Å². The number of carbonyl (C=O) groups is 1. The Morgan fingerprint density at radius 3 is 2.68 bits per heavy atom. The molecule has 2 aromatic carbocycles. The van der Waals surface area contributed by atoms with E-state index in [-0.39, 0.29) is 27.5 Å². The summed E-state index contributed by atoms with van der Waals surface area (Å²) in [5.74, 6) is -3.73. The Labute approximate surface area is 198 Å². The molecule has 4 rings (SSSR count). The number of ketones is 1. The van der Waals surface area contributed by atoms with Gasteiger partial charge in [0, 0.05) is 34.5 Å².